The van der Waals surface area contributed by atoms with E-state index in [1.165, 1.54) is 11.3 Å². The van der Waals surface area contributed by atoms with Gasteiger partial charge in [-0.2, -0.15) is 0 Å². The summed E-state index contributed by atoms with van der Waals surface area (Å²) in [5.41, 5.74) is 3.49. The van der Waals surface area contributed by atoms with Gasteiger partial charge in [0.15, 0.2) is 5.13 Å². The molecule has 3 heterocycles. The number of nitrogens with one attached hydrogen (secondary N) is 2. The lowest BCUT2D eigenvalue weighted by Gasteiger charge is -2.24. The molecule has 0 unspecified atom stereocenters. The third-order valence-corrected chi connectivity index (χ3v) is 5.27. The third kappa shape index (κ3) is 4.03. The molecule has 6 nitrogen and oxygen atoms in total. The first kappa shape index (κ1) is 17.4. The molecule has 0 radical (unpaired) electrons. The van der Waals surface area contributed by atoms with Gasteiger partial charge in [-0.05, 0) is 36.6 Å². The molecule has 1 atom stereocenters. The Hall–Kier alpha value is -3.06. The fourth-order valence-corrected chi connectivity index (χ4v) is 3.82. The number of pyridine rings is 1. The second-order valence-corrected chi connectivity index (χ2v) is 7.25. The average Bonchev–Trinajstić information content (AvgIpc) is 3.15. The molecule has 2 aromatic heterocycles. The van der Waals surface area contributed by atoms with Gasteiger partial charge in [-0.3, -0.25) is 14.6 Å². The zero-order valence-electron chi connectivity index (χ0n) is 14.5. The molecule has 1 aromatic carbocycles. The van der Waals surface area contributed by atoms with Crippen molar-refractivity contribution in [3.63, 3.8) is 0 Å². The Morgan fingerprint density at radius 2 is 2.04 bits per heavy atom. The molecule has 0 saturated heterocycles. The maximum atomic E-state index is 12.3. The van der Waals surface area contributed by atoms with Gasteiger partial charge in [0.05, 0.1) is 5.69 Å². The lowest BCUT2D eigenvalue weighted by Crippen LogP contribution is -2.30. The van der Waals surface area contributed by atoms with Crippen LogP contribution in [-0.2, 0) is 16.0 Å². The van der Waals surface area contributed by atoms with Crippen LogP contribution in [0.4, 0.5) is 10.8 Å². The average molecular weight is 378 g/mol. The van der Waals surface area contributed by atoms with Crippen LogP contribution in [0.2, 0.25) is 0 Å². The lowest BCUT2D eigenvalue weighted by molar-refractivity contribution is -0.121. The van der Waals surface area contributed by atoms with Crippen LogP contribution < -0.4 is 10.6 Å². The molecule has 0 fully saturated rings. The molecule has 0 saturated carbocycles. The number of carbonyl (C=O) groups excluding carboxylic acids is 2. The minimum Gasteiger partial charge on any atom is -0.326 e. The number of fused-ring (bicyclic) bond motifs is 1. The molecule has 2 amide bonds. The van der Waals surface area contributed by atoms with Gasteiger partial charge >= 0.3 is 0 Å². The summed E-state index contributed by atoms with van der Waals surface area (Å²) in [4.78, 5) is 33.1. The van der Waals surface area contributed by atoms with E-state index in [0.717, 1.165) is 22.6 Å². The van der Waals surface area contributed by atoms with Gasteiger partial charge in [-0.1, -0.05) is 24.3 Å². The number of benzene rings is 1. The van der Waals surface area contributed by atoms with Crippen molar-refractivity contribution in [1.82, 2.24) is 9.97 Å². The van der Waals surface area contributed by atoms with Crippen molar-refractivity contribution in [3.05, 3.63) is 59.6 Å². The van der Waals surface area contributed by atoms with Gasteiger partial charge in [0.25, 0.3) is 0 Å². The number of hydrogen-bond donors (Lipinski definition) is 2. The van der Waals surface area contributed by atoms with E-state index in [9.17, 15) is 9.59 Å². The van der Waals surface area contributed by atoms with Crippen LogP contribution in [0.3, 0.4) is 0 Å². The van der Waals surface area contributed by atoms with Gasteiger partial charge in [-0.15, -0.1) is 11.3 Å². The molecule has 7 heteroatoms. The van der Waals surface area contributed by atoms with Crippen LogP contribution in [0.25, 0.3) is 11.4 Å². The van der Waals surface area contributed by atoms with E-state index in [2.05, 4.69) is 20.6 Å². The zero-order chi connectivity index (χ0) is 18.6. The van der Waals surface area contributed by atoms with Crippen molar-refractivity contribution in [1.29, 1.82) is 0 Å². The summed E-state index contributed by atoms with van der Waals surface area (Å²) in [5.74, 6) is -0.345. The zero-order valence-corrected chi connectivity index (χ0v) is 15.3. The molecular formula is C20H18N4O2S. The van der Waals surface area contributed by atoms with Crippen molar-refractivity contribution in [3.8, 4) is 11.4 Å². The summed E-state index contributed by atoms with van der Waals surface area (Å²) < 4.78 is 0. The van der Waals surface area contributed by atoms with Crippen LogP contribution >= 0.6 is 11.3 Å². The normalized spacial score (nSPS) is 15.7. The molecule has 2 N–H and O–H groups in total. The van der Waals surface area contributed by atoms with Crippen LogP contribution in [0.15, 0.2) is 54.0 Å². The Balaban J connectivity index is 1.33. The number of rotatable bonds is 5. The summed E-state index contributed by atoms with van der Waals surface area (Å²) in [6.45, 7) is 0. The minimum absolute atomic E-state index is 0.0202. The molecule has 3 aromatic rings. The van der Waals surface area contributed by atoms with Crippen LogP contribution in [0.5, 0.6) is 0 Å². The summed E-state index contributed by atoms with van der Waals surface area (Å²) in [6.07, 6.45) is 3.15. The monoisotopic (exact) mass is 378 g/mol. The van der Waals surface area contributed by atoms with E-state index in [4.69, 9.17) is 0 Å². The van der Waals surface area contributed by atoms with Crippen molar-refractivity contribution in [2.75, 3.05) is 10.6 Å². The predicted molar refractivity (Wildman–Crippen MR) is 105 cm³/mol. The second-order valence-electron chi connectivity index (χ2n) is 6.39. The summed E-state index contributed by atoms with van der Waals surface area (Å²) >= 11 is 1.36. The Kier molecular flexibility index (Phi) is 4.93. The smallest absolute Gasteiger partial charge is 0.227 e. The van der Waals surface area contributed by atoms with E-state index in [-0.39, 0.29) is 24.2 Å². The molecule has 136 valence electrons. The maximum Gasteiger partial charge on any atom is 0.227 e. The Labute approximate surface area is 160 Å². The Morgan fingerprint density at radius 1 is 1.19 bits per heavy atom. The van der Waals surface area contributed by atoms with Gasteiger partial charge in [-0.25, -0.2) is 4.98 Å². The maximum absolute atomic E-state index is 12.3. The van der Waals surface area contributed by atoms with Crippen LogP contribution in [-0.4, -0.2) is 21.8 Å². The van der Waals surface area contributed by atoms with E-state index in [1.807, 2.05) is 47.8 Å². The summed E-state index contributed by atoms with van der Waals surface area (Å²) in [7, 11) is 0. The molecule has 1 aliphatic rings. The fourth-order valence-electron chi connectivity index (χ4n) is 3.10. The largest absolute Gasteiger partial charge is 0.326 e. The first-order valence-electron chi connectivity index (χ1n) is 8.74. The molecular weight excluding hydrogens is 360 g/mol. The number of nitrogens with zero attached hydrogens (tertiary/aromatic N) is 2. The molecule has 4 rings (SSSR count). The number of hydrogen-bond acceptors (Lipinski definition) is 5. The highest BCUT2D eigenvalue weighted by molar-refractivity contribution is 7.14. The molecule has 27 heavy (non-hydrogen) atoms. The number of aromatic nitrogens is 2. The SMILES string of the molecule is O=C(CC[C@@H]1Cc2ccccc2NC1=O)Nc1nc(-c2ccccn2)cs1. The number of carbonyl (C=O) groups is 2. The molecule has 0 spiro atoms. The molecule has 0 bridgehead atoms. The van der Waals surface area contributed by atoms with E-state index in [1.54, 1.807) is 6.20 Å². The lowest BCUT2D eigenvalue weighted by atomic mass is 9.89. The molecule has 1 aliphatic heterocycles. The van der Waals surface area contributed by atoms with E-state index in [0.29, 0.717) is 18.0 Å². The highest BCUT2D eigenvalue weighted by atomic mass is 32.1. The van der Waals surface area contributed by atoms with Crippen LogP contribution in [0.1, 0.15) is 18.4 Å². The summed E-state index contributed by atoms with van der Waals surface area (Å²) in [6, 6.07) is 13.4. The highest BCUT2D eigenvalue weighted by Gasteiger charge is 2.26. The standard InChI is InChI=1S/C20H18N4O2S/c25-18(24-20-23-17(12-27-20)16-7-3-4-10-21-16)9-8-14-11-13-5-1-2-6-15(13)22-19(14)26/h1-7,10,12,14H,8-9,11H2,(H,22,26)(H,23,24,25)/t14-/m1/s1. The van der Waals surface area contributed by atoms with Crippen molar-refractivity contribution in [2.24, 2.45) is 5.92 Å². The number of para-hydroxylation sites is 1. The van der Waals surface area contributed by atoms with E-state index < -0.39 is 0 Å². The number of thiazole rings is 1. The van der Waals surface area contributed by atoms with Crippen molar-refractivity contribution >= 4 is 34.0 Å². The summed E-state index contributed by atoms with van der Waals surface area (Å²) in [5, 5.41) is 8.14. The third-order valence-electron chi connectivity index (χ3n) is 4.51. The first-order chi connectivity index (χ1) is 13.2. The highest BCUT2D eigenvalue weighted by Crippen LogP contribution is 2.28. The number of amides is 2. The number of anilines is 2. The Morgan fingerprint density at radius 3 is 2.89 bits per heavy atom. The first-order valence-corrected chi connectivity index (χ1v) is 9.62. The van der Waals surface area contributed by atoms with Gasteiger partial charge in [0, 0.05) is 29.6 Å². The van der Waals surface area contributed by atoms with Gasteiger partial charge in [0.1, 0.15) is 5.69 Å². The Bertz CT molecular complexity index is 971. The van der Waals surface area contributed by atoms with Crippen molar-refractivity contribution in [2.45, 2.75) is 19.3 Å². The minimum atomic E-state index is -0.189. The second kappa shape index (κ2) is 7.67. The fraction of sp³-hybridized carbons (Fsp3) is 0.200. The van der Waals surface area contributed by atoms with E-state index >= 15 is 0 Å². The van der Waals surface area contributed by atoms with Crippen LogP contribution in [0, 0.1) is 5.92 Å². The molecule has 0 aliphatic carbocycles. The van der Waals surface area contributed by atoms with Gasteiger partial charge < -0.3 is 10.6 Å². The van der Waals surface area contributed by atoms with Gasteiger partial charge in [0.2, 0.25) is 11.8 Å². The van der Waals surface area contributed by atoms with Crippen molar-refractivity contribution < 1.29 is 9.59 Å². The quantitative estimate of drug-likeness (QED) is 0.708. The predicted octanol–water partition coefficient (Wildman–Crippen LogP) is 3.73. The topological polar surface area (TPSA) is 84.0 Å².